The third kappa shape index (κ3) is 5.12. The van der Waals surface area contributed by atoms with Crippen LogP contribution in [0, 0.1) is 16.7 Å². The molecule has 0 unspecified atom stereocenters. The maximum absolute atomic E-state index is 14.1. The molecule has 1 saturated heterocycles. The van der Waals surface area contributed by atoms with E-state index in [1.165, 1.54) is 0 Å². The standard InChI is InChI=1S/C30H35N3O8S/c1-20(34)25(26(35)33-24-16-23-14-15-30(24,29(23,2)3)19-42(33,38)39)32(28(37)41-18-22-12-8-5-9-13-22)31-27(36)40-17-21-10-6-4-7-11-21/h4-13,23-25H,14-19H2,1-3H3,(H,31,36)/t23-,24-,25-,30-/m1/s1. The van der Waals surface area contributed by atoms with E-state index in [1.54, 1.807) is 60.7 Å². The van der Waals surface area contributed by atoms with Crippen molar-refractivity contribution in [1.82, 2.24) is 14.7 Å². The summed E-state index contributed by atoms with van der Waals surface area (Å²) in [6, 6.07) is 14.8. The molecule has 1 heterocycles. The third-order valence-corrected chi connectivity index (χ3v) is 11.2. The molecule has 2 aromatic carbocycles. The van der Waals surface area contributed by atoms with Crippen LogP contribution in [-0.4, -0.2) is 59.4 Å². The first-order chi connectivity index (χ1) is 19.9. The zero-order chi connectivity index (χ0) is 30.3. The maximum atomic E-state index is 14.1. The summed E-state index contributed by atoms with van der Waals surface area (Å²) in [7, 11) is -4.12. The fourth-order valence-electron chi connectivity index (χ4n) is 7.02. The number of rotatable bonds is 7. The van der Waals surface area contributed by atoms with E-state index in [0.29, 0.717) is 29.0 Å². The highest BCUT2D eigenvalue weighted by Gasteiger charge is 2.72. The number of carbonyl (C=O) groups excluding carboxylic acids is 4. The molecule has 3 aliphatic rings. The number of ether oxygens (including phenoxy) is 2. The zero-order valence-electron chi connectivity index (χ0n) is 23.8. The number of fused-ring (bicyclic) bond motifs is 1. The smallest absolute Gasteiger partial charge is 0.430 e. The largest absolute Gasteiger partial charge is 0.443 e. The Morgan fingerprint density at radius 3 is 2.10 bits per heavy atom. The zero-order valence-corrected chi connectivity index (χ0v) is 24.6. The van der Waals surface area contributed by atoms with Gasteiger partial charge in [0, 0.05) is 5.41 Å². The quantitative estimate of drug-likeness (QED) is 0.376. The number of amides is 3. The monoisotopic (exact) mass is 597 g/mol. The van der Waals surface area contributed by atoms with Gasteiger partial charge in [0.05, 0.1) is 11.8 Å². The third-order valence-electron chi connectivity index (χ3n) is 9.33. The molecule has 2 aromatic rings. The summed E-state index contributed by atoms with van der Waals surface area (Å²) in [6.45, 7) is 4.75. The number of sulfonamides is 1. The van der Waals surface area contributed by atoms with Crippen molar-refractivity contribution in [2.24, 2.45) is 16.7 Å². The van der Waals surface area contributed by atoms with Crippen LogP contribution in [-0.2, 0) is 42.3 Å². The lowest BCUT2D eigenvalue weighted by Gasteiger charge is -2.38. The highest BCUT2D eigenvalue weighted by atomic mass is 32.2. The molecule has 11 nitrogen and oxygen atoms in total. The van der Waals surface area contributed by atoms with Gasteiger partial charge in [-0.2, -0.15) is 5.01 Å². The van der Waals surface area contributed by atoms with Crippen molar-refractivity contribution < 1.29 is 37.1 Å². The Kier molecular flexibility index (Phi) is 7.78. The molecule has 1 aliphatic heterocycles. The lowest BCUT2D eigenvalue weighted by molar-refractivity contribution is -0.141. The molecule has 0 aromatic heterocycles. The normalized spacial score (nSPS) is 25.3. The fraction of sp³-hybridized carbons (Fsp3) is 0.467. The molecule has 1 N–H and O–H groups in total. The van der Waals surface area contributed by atoms with E-state index in [0.717, 1.165) is 17.6 Å². The lowest BCUT2D eigenvalue weighted by Crippen LogP contribution is -2.62. The van der Waals surface area contributed by atoms with Gasteiger partial charge in [0.25, 0.3) is 5.91 Å². The number of nitrogens with zero attached hydrogens (tertiary/aromatic N) is 2. The number of nitrogens with one attached hydrogen (secondary N) is 1. The maximum Gasteiger partial charge on any atom is 0.430 e. The van der Waals surface area contributed by atoms with Gasteiger partial charge in [0.1, 0.15) is 13.2 Å². The van der Waals surface area contributed by atoms with Crippen LogP contribution in [0.3, 0.4) is 0 Å². The van der Waals surface area contributed by atoms with Crippen molar-refractivity contribution in [3.05, 3.63) is 71.8 Å². The van der Waals surface area contributed by atoms with Crippen LogP contribution in [0.4, 0.5) is 9.59 Å². The van der Waals surface area contributed by atoms with Gasteiger partial charge >= 0.3 is 12.2 Å². The Hall–Kier alpha value is -3.93. The Balaban J connectivity index is 1.42. The number of hydrogen-bond donors (Lipinski definition) is 1. The average Bonchev–Trinajstić information content (AvgIpc) is 3.43. The first-order valence-electron chi connectivity index (χ1n) is 13.9. The van der Waals surface area contributed by atoms with Gasteiger partial charge in [-0.15, -0.1) is 0 Å². The van der Waals surface area contributed by atoms with Gasteiger partial charge in [-0.05, 0) is 48.6 Å². The highest BCUT2D eigenvalue weighted by Crippen LogP contribution is 2.70. The van der Waals surface area contributed by atoms with Crippen LogP contribution in [0.2, 0.25) is 0 Å². The van der Waals surface area contributed by atoms with E-state index in [-0.39, 0.29) is 30.3 Å². The summed E-state index contributed by atoms with van der Waals surface area (Å²) in [4.78, 5) is 53.3. The molecule has 5 rings (SSSR count). The number of ketones is 1. The molecule has 3 fully saturated rings. The molecule has 3 amide bonds. The molecule has 2 saturated carbocycles. The summed E-state index contributed by atoms with van der Waals surface area (Å²) in [5, 5.41) is 0.444. The minimum absolute atomic E-state index is 0.153. The van der Waals surface area contributed by atoms with Crippen LogP contribution in [0.25, 0.3) is 0 Å². The van der Waals surface area contributed by atoms with Gasteiger partial charge in [-0.3, -0.25) is 9.59 Å². The van der Waals surface area contributed by atoms with Gasteiger partial charge in [-0.1, -0.05) is 74.5 Å². The van der Waals surface area contributed by atoms with Crippen LogP contribution >= 0.6 is 0 Å². The minimum atomic E-state index is -4.12. The van der Waals surface area contributed by atoms with E-state index in [2.05, 4.69) is 5.43 Å². The van der Waals surface area contributed by atoms with E-state index >= 15 is 0 Å². The van der Waals surface area contributed by atoms with Gasteiger partial charge in [0.15, 0.2) is 11.8 Å². The van der Waals surface area contributed by atoms with Crippen molar-refractivity contribution >= 4 is 33.9 Å². The van der Waals surface area contributed by atoms with E-state index in [1.807, 2.05) is 13.8 Å². The number of carbonyl (C=O) groups is 4. The molecule has 1 spiro atoms. The molecule has 224 valence electrons. The highest BCUT2D eigenvalue weighted by molar-refractivity contribution is 7.90. The van der Waals surface area contributed by atoms with E-state index in [9.17, 15) is 27.6 Å². The van der Waals surface area contributed by atoms with Crippen LogP contribution < -0.4 is 5.43 Å². The number of hydrazine groups is 1. The van der Waals surface area contributed by atoms with Gasteiger partial charge < -0.3 is 9.47 Å². The summed E-state index contributed by atoms with van der Waals surface area (Å²) in [6.07, 6.45) is -0.354. The second-order valence-corrected chi connectivity index (χ2v) is 13.7. The van der Waals surface area contributed by atoms with Crippen LogP contribution in [0.15, 0.2) is 60.7 Å². The van der Waals surface area contributed by atoms with Crippen molar-refractivity contribution in [2.75, 3.05) is 5.75 Å². The second kappa shape index (κ2) is 11.0. The molecule has 2 aliphatic carbocycles. The SMILES string of the molecule is CC(=O)[C@H](C(=O)N1[C@@H]2C[C@H]3CC[C@]2(CS1(=O)=O)C3(C)C)N(NC(=O)OCc1ccccc1)C(=O)OCc1ccccc1. The minimum Gasteiger partial charge on any atom is -0.443 e. The summed E-state index contributed by atoms with van der Waals surface area (Å²) >= 11 is 0. The number of hydrogen-bond acceptors (Lipinski definition) is 8. The fourth-order valence-corrected chi connectivity index (χ4v) is 9.57. The second-order valence-electron chi connectivity index (χ2n) is 11.9. The van der Waals surface area contributed by atoms with E-state index in [4.69, 9.17) is 9.47 Å². The first kappa shape index (κ1) is 29.6. The summed E-state index contributed by atoms with van der Waals surface area (Å²) in [5.41, 5.74) is 2.50. The Morgan fingerprint density at radius 1 is 0.976 bits per heavy atom. The molecule has 42 heavy (non-hydrogen) atoms. The predicted molar refractivity (Wildman–Crippen MR) is 151 cm³/mol. The van der Waals surface area contributed by atoms with Gasteiger partial charge in [-0.25, -0.2) is 27.7 Å². The molecule has 2 bridgehead atoms. The predicted octanol–water partition coefficient (Wildman–Crippen LogP) is 3.79. The summed E-state index contributed by atoms with van der Waals surface area (Å²) in [5.74, 6) is -1.94. The molecular formula is C30H35N3O8S. The Bertz CT molecular complexity index is 1480. The van der Waals surface area contributed by atoms with Crippen LogP contribution in [0.5, 0.6) is 0 Å². The lowest BCUT2D eigenvalue weighted by atomic mass is 9.69. The van der Waals surface area contributed by atoms with Gasteiger partial charge in [0.2, 0.25) is 10.0 Å². The average molecular weight is 598 g/mol. The topological polar surface area (TPSA) is 139 Å². The summed E-state index contributed by atoms with van der Waals surface area (Å²) < 4.78 is 38.5. The van der Waals surface area contributed by atoms with Crippen LogP contribution in [0.1, 0.15) is 51.2 Å². The molecule has 12 heteroatoms. The number of Topliss-reactive ketones (excluding diaryl/α,β-unsaturated/α-hetero) is 1. The van der Waals surface area contributed by atoms with Crippen molar-refractivity contribution in [3.63, 3.8) is 0 Å². The van der Waals surface area contributed by atoms with Crippen molar-refractivity contribution in [1.29, 1.82) is 0 Å². The molecular weight excluding hydrogens is 562 g/mol. The Morgan fingerprint density at radius 2 is 1.55 bits per heavy atom. The van der Waals surface area contributed by atoms with Crippen molar-refractivity contribution in [3.8, 4) is 0 Å². The molecule has 0 radical (unpaired) electrons. The first-order valence-corrected chi connectivity index (χ1v) is 15.5. The van der Waals surface area contributed by atoms with Crippen molar-refractivity contribution in [2.45, 2.75) is 65.3 Å². The Labute approximate surface area is 245 Å². The van der Waals surface area contributed by atoms with E-state index < -0.39 is 51.4 Å². The number of benzene rings is 2. The molecule has 4 atom stereocenters.